The molecule has 108 valence electrons. The van der Waals surface area contributed by atoms with Crippen molar-refractivity contribution in [3.05, 3.63) is 23.0 Å². The minimum atomic E-state index is 0.415. The van der Waals surface area contributed by atoms with E-state index in [4.69, 9.17) is 5.10 Å². The van der Waals surface area contributed by atoms with Gasteiger partial charge in [-0.3, -0.25) is 0 Å². The molecule has 0 saturated carbocycles. The topological polar surface area (TPSA) is 54.2 Å². The number of aromatic nitrogens is 3. The SMILES string of the molecule is Cc1nc2cc(C(C)C)nn2c(NC2CCNC2)c1C. The molecule has 0 aromatic carbocycles. The molecule has 0 radical (unpaired) electrons. The fourth-order valence-electron chi connectivity index (χ4n) is 2.64. The van der Waals surface area contributed by atoms with Crippen LogP contribution in [0.5, 0.6) is 0 Å². The summed E-state index contributed by atoms with van der Waals surface area (Å²) in [6.45, 7) is 10.6. The zero-order valence-corrected chi connectivity index (χ0v) is 12.7. The number of nitrogens with zero attached hydrogens (tertiary/aromatic N) is 3. The van der Waals surface area contributed by atoms with Crippen LogP contribution in [-0.4, -0.2) is 33.7 Å². The molecule has 0 bridgehead atoms. The van der Waals surface area contributed by atoms with Crippen LogP contribution in [-0.2, 0) is 0 Å². The van der Waals surface area contributed by atoms with Gasteiger partial charge in [0.25, 0.3) is 0 Å². The zero-order valence-electron chi connectivity index (χ0n) is 12.7. The van der Waals surface area contributed by atoms with Gasteiger partial charge in [0.05, 0.1) is 5.69 Å². The molecule has 1 fully saturated rings. The third-order valence-corrected chi connectivity index (χ3v) is 4.09. The Morgan fingerprint density at radius 3 is 2.85 bits per heavy atom. The Morgan fingerprint density at radius 2 is 2.20 bits per heavy atom. The lowest BCUT2D eigenvalue weighted by Gasteiger charge is -2.17. The average Bonchev–Trinajstić information content (AvgIpc) is 3.03. The van der Waals surface area contributed by atoms with E-state index in [1.807, 2.05) is 4.52 Å². The van der Waals surface area contributed by atoms with E-state index >= 15 is 0 Å². The van der Waals surface area contributed by atoms with Gasteiger partial charge < -0.3 is 10.6 Å². The Bertz CT molecular complexity index is 623. The maximum absolute atomic E-state index is 4.73. The summed E-state index contributed by atoms with van der Waals surface area (Å²) < 4.78 is 1.97. The second kappa shape index (κ2) is 5.05. The van der Waals surface area contributed by atoms with Crippen LogP contribution in [0.25, 0.3) is 5.65 Å². The molecule has 1 aliphatic heterocycles. The molecule has 3 heterocycles. The number of anilines is 1. The summed E-state index contributed by atoms with van der Waals surface area (Å²) in [4.78, 5) is 4.66. The van der Waals surface area contributed by atoms with Crippen molar-refractivity contribution < 1.29 is 0 Å². The van der Waals surface area contributed by atoms with Crippen molar-refractivity contribution in [2.45, 2.75) is 46.1 Å². The molecule has 2 N–H and O–H groups in total. The first-order chi connectivity index (χ1) is 9.56. The molecule has 2 aromatic rings. The van der Waals surface area contributed by atoms with Crippen LogP contribution in [0.2, 0.25) is 0 Å². The highest BCUT2D eigenvalue weighted by Gasteiger charge is 2.19. The predicted octanol–water partition coefficient (Wildman–Crippen LogP) is 2.24. The molecular weight excluding hydrogens is 250 g/mol. The standard InChI is InChI=1S/C15H23N5/c1-9(2)13-7-14-17-11(4)10(3)15(20(14)19-13)18-12-5-6-16-8-12/h7,9,12,16,18H,5-6,8H2,1-4H3. The molecule has 5 nitrogen and oxygen atoms in total. The van der Waals surface area contributed by atoms with Crippen molar-refractivity contribution in [2.24, 2.45) is 0 Å². The third-order valence-electron chi connectivity index (χ3n) is 4.09. The fourth-order valence-corrected chi connectivity index (χ4v) is 2.64. The lowest BCUT2D eigenvalue weighted by atomic mass is 10.1. The van der Waals surface area contributed by atoms with Gasteiger partial charge in [-0.25, -0.2) is 4.98 Å². The van der Waals surface area contributed by atoms with Gasteiger partial charge in [-0.1, -0.05) is 13.8 Å². The molecule has 0 spiro atoms. The number of fused-ring (bicyclic) bond motifs is 1. The smallest absolute Gasteiger partial charge is 0.157 e. The summed E-state index contributed by atoms with van der Waals surface area (Å²) >= 11 is 0. The van der Waals surface area contributed by atoms with Crippen LogP contribution in [0.3, 0.4) is 0 Å². The van der Waals surface area contributed by atoms with E-state index in [0.29, 0.717) is 12.0 Å². The molecule has 3 rings (SSSR count). The second-order valence-corrected chi connectivity index (χ2v) is 6.00. The number of hydrogen-bond acceptors (Lipinski definition) is 4. The normalized spacial score (nSPS) is 19.1. The molecule has 1 unspecified atom stereocenters. The monoisotopic (exact) mass is 273 g/mol. The zero-order chi connectivity index (χ0) is 14.3. The molecule has 2 aromatic heterocycles. The van der Waals surface area contributed by atoms with Gasteiger partial charge >= 0.3 is 0 Å². The van der Waals surface area contributed by atoms with Crippen LogP contribution >= 0.6 is 0 Å². The number of aryl methyl sites for hydroxylation is 1. The minimum Gasteiger partial charge on any atom is -0.366 e. The molecule has 1 saturated heterocycles. The van der Waals surface area contributed by atoms with E-state index in [0.717, 1.165) is 42.4 Å². The maximum Gasteiger partial charge on any atom is 0.157 e. The first kappa shape index (κ1) is 13.4. The first-order valence-corrected chi connectivity index (χ1v) is 7.40. The summed E-state index contributed by atoms with van der Waals surface area (Å²) in [7, 11) is 0. The van der Waals surface area contributed by atoms with Crippen molar-refractivity contribution in [2.75, 3.05) is 18.4 Å². The average molecular weight is 273 g/mol. The minimum absolute atomic E-state index is 0.415. The highest BCUT2D eigenvalue weighted by atomic mass is 15.3. The number of nitrogens with one attached hydrogen (secondary N) is 2. The summed E-state index contributed by atoms with van der Waals surface area (Å²) in [6, 6.07) is 2.57. The predicted molar refractivity (Wildman–Crippen MR) is 81.4 cm³/mol. The number of rotatable bonds is 3. The Hall–Kier alpha value is -1.62. The summed E-state index contributed by atoms with van der Waals surface area (Å²) in [6.07, 6.45) is 1.15. The van der Waals surface area contributed by atoms with Gasteiger partial charge in [0.15, 0.2) is 5.65 Å². The first-order valence-electron chi connectivity index (χ1n) is 7.40. The quantitative estimate of drug-likeness (QED) is 0.900. The van der Waals surface area contributed by atoms with Gasteiger partial charge in [0.1, 0.15) is 5.82 Å². The van der Waals surface area contributed by atoms with Crippen molar-refractivity contribution in [3.63, 3.8) is 0 Å². The van der Waals surface area contributed by atoms with Crippen molar-refractivity contribution >= 4 is 11.5 Å². The Balaban J connectivity index is 2.08. The summed E-state index contributed by atoms with van der Waals surface area (Å²) in [5, 5.41) is 11.8. The molecular formula is C15H23N5. The highest BCUT2D eigenvalue weighted by molar-refractivity contribution is 5.56. The van der Waals surface area contributed by atoms with Crippen molar-refractivity contribution in [1.82, 2.24) is 19.9 Å². The molecule has 20 heavy (non-hydrogen) atoms. The fraction of sp³-hybridized carbons (Fsp3) is 0.600. The van der Waals surface area contributed by atoms with Gasteiger partial charge in [0.2, 0.25) is 0 Å². The lowest BCUT2D eigenvalue weighted by Crippen LogP contribution is -2.24. The van der Waals surface area contributed by atoms with Gasteiger partial charge in [-0.05, 0) is 32.7 Å². The lowest BCUT2D eigenvalue weighted by molar-refractivity contribution is 0.753. The molecule has 1 atom stereocenters. The third kappa shape index (κ3) is 2.26. The van der Waals surface area contributed by atoms with Crippen LogP contribution in [0.15, 0.2) is 6.07 Å². The van der Waals surface area contributed by atoms with Crippen LogP contribution in [0.1, 0.15) is 43.1 Å². The van der Waals surface area contributed by atoms with Crippen LogP contribution in [0, 0.1) is 13.8 Å². The van der Waals surface area contributed by atoms with Crippen molar-refractivity contribution in [1.29, 1.82) is 0 Å². The van der Waals surface area contributed by atoms with Gasteiger partial charge in [0, 0.05) is 29.9 Å². The largest absolute Gasteiger partial charge is 0.366 e. The van der Waals surface area contributed by atoms with Crippen LogP contribution < -0.4 is 10.6 Å². The van der Waals surface area contributed by atoms with E-state index in [1.54, 1.807) is 0 Å². The van der Waals surface area contributed by atoms with Gasteiger partial charge in [-0.2, -0.15) is 9.61 Å². The molecule has 5 heteroatoms. The molecule has 0 amide bonds. The van der Waals surface area contributed by atoms with E-state index < -0.39 is 0 Å². The van der Waals surface area contributed by atoms with E-state index in [2.05, 4.69) is 49.4 Å². The molecule has 0 aliphatic carbocycles. The Morgan fingerprint density at radius 1 is 1.40 bits per heavy atom. The summed E-state index contributed by atoms with van der Waals surface area (Å²) in [5.74, 6) is 1.51. The van der Waals surface area contributed by atoms with Crippen molar-refractivity contribution in [3.8, 4) is 0 Å². The van der Waals surface area contributed by atoms with Gasteiger partial charge in [-0.15, -0.1) is 0 Å². The van der Waals surface area contributed by atoms with E-state index in [9.17, 15) is 0 Å². The highest BCUT2D eigenvalue weighted by Crippen LogP contribution is 2.23. The number of hydrogen-bond donors (Lipinski definition) is 2. The Kier molecular flexibility index (Phi) is 3.38. The summed E-state index contributed by atoms with van der Waals surface area (Å²) in [5.41, 5.74) is 4.28. The maximum atomic E-state index is 4.73. The Labute approximate surface area is 119 Å². The second-order valence-electron chi connectivity index (χ2n) is 6.00. The molecule has 1 aliphatic rings. The van der Waals surface area contributed by atoms with E-state index in [1.165, 1.54) is 5.56 Å². The van der Waals surface area contributed by atoms with Crippen LogP contribution in [0.4, 0.5) is 5.82 Å². The van der Waals surface area contributed by atoms with E-state index in [-0.39, 0.29) is 0 Å².